The smallest absolute Gasteiger partial charge is 0.375 e. The van der Waals surface area contributed by atoms with Crippen molar-refractivity contribution in [3.05, 3.63) is 48.6 Å². The number of imidazole rings is 1. The van der Waals surface area contributed by atoms with E-state index in [4.69, 9.17) is 0 Å². The molecule has 2 heterocycles. The van der Waals surface area contributed by atoms with E-state index in [1.54, 1.807) is 0 Å². The zero-order valence-electron chi connectivity index (χ0n) is 12.1. The maximum absolute atomic E-state index is 13.9. The SMILES string of the molecule is Fc1ccc(-n2cnnn2)cc1NCc1nccn1CC(F)(F)F. The maximum atomic E-state index is 13.9. The highest BCUT2D eigenvalue weighted by Gasteiger charge is 2.28. The van der Waals surface area contributed by atoms with Crippen molar-refractivity contribution in [1.82, 2.24) is 29.8 Å². The van der Waals surface area contributed by atoms with Gasteiger partial charge in [0, 0.05) is 12.4 Å². The first-order chi connectivity index (χ1) is 11.4. The number of benzene rings is 1. The molecule has 1 aromatic carbocycles. The number of aromatic nitrogens is 6. The molecule has 0 radical (unpaired) electrons. The third kappa shape index (κ3) is 3.67. The van der Waals surface area contributed by atoms with E-state index in [0.29, 0.717) is 5.69 Å². The van der Waals surface area contributed by atoms with Crippen LogP contribution >= 0.6 is 0 Å². The summed E-state index contributed by atoms with van der Waals surface area (Å²) >= 11 is 0. The summed E-state index contributed by atoms with van der Waals surface area (Å²) in [6.45, 7) is -1.23. The van der Waals surface area contributed by atoms with Crippen LogP contribution in [0.5, 0.6) is 0 Å². The Kier molecular flexibility index (Phi) is 4.15. The van der Waals surface area contributed by atoms with Crippen LogP contribution in [0.4, 0.5) is 23.2 Å². The zero-order valence-corrected chi connectivity index (χ0v) is 12.1. The molecule has 7 nitrogen and oxygen atoms in total. The Labute approximate surface area is 132 Å². The van der Waals surface area contributed by atoms with Crippen molar-refractivity contribution in [1.29, 1.82) is 0 Å². The highest BCUT2D eigenvalue weighted by atomic mass is 19.4. The van der Waals surface area contributed by atoms with Crippen LogP contribution in [0.25, 0.3) is 5.69 Å². The van der Waals surface area contributed by atoms with E-state index < -0.39 is 18.5 Å². The molecule has 0 amide bonds. The Morgan fingerprint density at radius 3 is 2.75 bits per heavy atom. The molecule has 0 fully saturated rings. The van der Waals surface area contributed by atoms with Crippen LogP contribution in [-0.2, 0) is 13.1 Å². The Morgan fingerprint density at radius 1 is 1.21 bits per heavy atom. The molecule has 0 atom stereocenters. The standard InChI is InChI=1S/C13H11F4N7/c14-10-2-1-9(24-8-20-21-22-24)5-11(10)19-6-12-18-3-4-23(12)7-13(15,16)17/h1-5,8,19H,6-7H2. The fraction of sp³-hybridized carbons (Fsp3) is 0.231. The predicted molar refractivity (Wildman–Crippen MR) is 74.7 cm³/mol. The van der Waals surface area contributed by atoms with Gasteiger partial charge in [0.15, 0.2) is 0 Å². The summed E-state index contributed by atoms with van der Waals surface area (Å²) in [5.74, 6) is -0.416. The van der Waals surface area contributed by atoms with Gasteiger partial charge in [-0.1, -0.05) is 0 Å². The minimum Gasteiger partial charge on any atom is -0.375 e. The van der Waals surface area contributed by atoms with Gasteiger partial charge in [-0.2, -0.15) is 13.2 Å². The van der Waals surface area contributed by atoms with Gasteiger partial charge in [0.1, 0.15) is 24.5 Å². The second-order valence-corrected chi connectivity index (χ2v) is 4.86. The molecule has 11 heteroatoms. The van der Waals surface area contributed by atoms with Gasteiger partial charge in [-0.3, -0.25) is 0 Å². The monoisotopic (exact) mass is 341 g/mol. The molecule has 0 spiro atoms. The average molecular weight is 341 g/mol. The van der Waals surface area contributed by atoms with E-state index in [9.17, 15) is 17.6 Å². The zero-order chi connectivity index (χ0) is 17.2. The van der Waals surface area contributed by atoms with Crippen LogP contribution in [0.1, 0.15) is 5.82 Å². The van der Waals surface area contributed by atoms with Gasteiger partial charge in [-0.05, 0) is 28.6 Å². The van der Waals surface area contributed by atoms with E-state index >= 15 is 0 Å². The van der Waals surface area contributed by atoms with Gasteiger partial charge >= 0.3 is 6.18 Å². The molecule has 24 heavy (non-hydrogen) atoms. The minimum atomic E-state index is -4.36. The lowest BCUT2D eigenvalue weighted by Gasteiger charge is -2.12. The summed E-state index contributed by atoms with van der Waals surface area (Å²) in [7, 11) is 0. The van der Waals surface area contributed by atoms with Crippen LogP contribution in [0.3, 0.4) is 0 Å². The molecule has 0 bridgehead atoms. The normalized spacial score (nSPS) is 11.7. The summed E-state index contributed by atoms with van der Waals surface area (Å²) in [5, 5.41) is 13.4. The summed E-state index contributed by atoms with van der Waals surface area (Å²) in [6.07, 6.45) is -0.539. The Hall–Kier alpha value is -2.98. The minimum absolute atomic E-state index is 0.0704. The molecule has 3 aromatic rings. The first kappa shape index (κ1) is 15.9. The van der Waals surface area contributed by atoms with E-state index in [0.717, 1.165) is 4.57 Å². The second kappa shape index (κ2) is 6.26. The molecule has 0 aliphatic rings. The molecule has 3 rings (SSSR count). The molecule has 0 aliphatic carbocycles. The highest BCUT2D eigenvalue weighted by molar-refractivity contribution is 5.52. The van der Waals surface area contributed by atoms with Crippen molar-refractivity contribution in [2.45, 2.75) is 19.3 Å². The topological polar surface area (TPSA) is 73.5 Å². The lowest BCUT2D eigenvalue weighted by Crippen LogP contribution is -2.20. The average Bonchev–Trinajstić information content (AvgIpc) is 3.17. The van der Waals surface area contributed by atoms with Gasteiger partial charge in [0.05, 0.1) is 17.9 Å². The predicted octanol–water partition coefficient (Wildman–Crippen LogP) is 2.17. The lowest BCUT2D eigenvalue weighted by atomic mass is 10.2. The lowest BCUT2D eigenvalue weighted by molar-refractivity contribution is -0.141. The highest BCUT2D eigenvalue weighted by Crippen LogP contribution is 2.21. The fourth-order valence-corrected chi connectivity index (χ4v) is 2.09. The van der Waals surface area contributed by atoms with Gasteiger partial charge in [-0.25, -0.2) is 14.1 Å². The first-order valence-corrected chi connectivity index (χ1v) is 6.76. The molecular formula is C13H11F4N7. The molecule has 0 aliphatic heterocycles. The van der Waals surface area contributed by atoms with E-state index in [-0.39, 0.29) is 18.1 Å². The summed E-state index contributed by atoms with van der Waals surface area (Å²) in [5.41, 5.74) is 0.604. The molecule has 0 saturated carbocycles. The molecular weight excluding hydrogens is 330 g/mol. The Bertz CT molecular complexity index is 810. The Morgan fingerprint density at radius 2 is 2.04 bits per heavy atom. The number of nitrogens with one attached hydrogen (secondary N) is 1. The number of tetrazole rings is 1. The quantitative estimate of drug-likeness (QED) is 0.720. The number of anilines is 1. The van der Waals surface area contributed by atoms with Crippen molar-refractivity contribution < 1.29 is 17.6 Å². The van der Waals surface area contributed by atoms with Crippen molar-refractivity contribution in [2.24, 2.45) is 0 Å². The summed E-state index contributed by atoms with van der Waals surface area (Å²) < 4.78 is 53.6. The number of halogens is 4. The third-order valence-corrected chi connectivity index (χ3v) is 3.15. The number of alkyl halides is 3. The van der Waals surface area contributed by atoms with Crippen LogP contribution < -0.4 is 5.32 Å². The van der Waals surface area contributed by atoms with E-state index in [1.165, 1.54) is 41.6 Å². The fourth-order valence-electron chi connectivity index (χ4n) is 2.09. The largest absolute Gasteiger partial charge is 0.406 e. The number of hydrogen-bond donors (Lipinski definition) is 1. The van der Waals surface area contributed by atoms with Gasteiger partial charge in [-0.15, -0.1) is 5.10 Å². The molecule has 0 saturated heterocycles. The summed E-state index contributed by atoms with van der Waals surface area (Å²) in [4.78, 5) is 3.86. The molecule has 2 aromatic heterocycles. The van der Waals surface area contributed by atoms with Crippen LogP contribution in [0, 0.1) is 5.82 Å². The van der Waals surface area contributed by atoms with E-state index in [2.05, 4.69) is 25.8 Å². The van der Waals surface area contributed by atoms with Gasteiger partial charge in [0.2, 0.25) is 0 Å². The number of nitrogens with zero attached hydrogens (tertiary/aromatic N) is 6. The Balaban J connectivity index is 1.76. The molecule has 1 N–H and O–H groups in total. The van der Waals surface area contributed by atoms with Crippen LogP contribution in [0.15, 0.2) is 36.9 Å². The first-order valence-electron chi connectivity index (χ1n) is 6.76. The van der Waals surface area contributed by atoms with Crippen molar-refractivity contribution >= 4 is 5.69 Å². The van der Waals surface area contributed by atoms with Crippen molar-refractivity contribution in [3.63, 3.8) is 0 Å². The third-order valence-electron chi connectivity index (χ3n) is 3.15. The van der Waals surface area contributed by atoms with Crippen LogP contribution in [0.2, 0.25) is 0 Å². The maximum Gasteiger partial charge on any atom is 0.406 e. The van der Waals surface area contributed by atoms with Gasteiger partial charge in [0.25, 0.3) is 0 Å². The number of hydrogen-bond acceptors (Lipinski definition) is 5. The molecule has 126 valence electrons. The van der Waals surface area contributed by atoms with Crippen LogP contribution in [-0.4, -0.2) is 35.9 Å². The van der Waals surface area contributed by atoms with Crippen molar-refractivity contribution in [3.8, 4) is 5.69 Å². The second-order valence-electron chi connectivity index (χ2n) is 4.86. The molecule has 0 unspecified atom stereocenters. The van der Waals surface area contributed by atoms with Gasteiger partial charge < -0.3 is 9.88 Å². The van der Waals surface area contributed by atoms with E-state index in [1.807, 2.05) is 0 Å². The summed E-state index contributed by atoms with van der Waals surface area (Å²) in [6, 6.07) is 4.13. The number of rotatable bonds is 5. The van der Waals surface area contributed by atoms with Crippen molar-refractivity contribution in [2.75, 3.05) is 5.32 Å².